The van der Waals surface area contributed by atoms with Gasteiger partial charge in [0, 0.05) is 38.4 Å². The van der Waals surface area contributed by atoms with Crippen LogP contribution in [0.3, 0.4) is 0 Å². The number of morpholine rings is 1. The molecule has 0 saturated carbocycles. The minimum absolute atomic E-state index is 0.152. The van der Waals surface area contributed by atoms with Gasteiger partial charge in [-0.15, -0.1) is 0 Å². The summed E-state index contributed by atoms with van der Waals surface area (Å²) in [5, 5.41) is 6.09. The molecule has 7 nitrogen and oxygen atoms in total. The van der Waals surface area contributed by atoms with Crippen LogP contribution in [0.4, 0.5) is 5.95 Å². The van der Waals surface area contributed by atoms with E-state index in [0.29, 0.717) is 24.1 Å². The van der Waals surface area contributed by atoms with Gasteiger partial charge >= 0.3 is 0 Å². The molecule has 0 unspecified atom stereocenters. The fourth-order valence-corrected chi connectivity index (χ4v) is 2.30. The topological polar surface area (TPSA) is 79.4 Å². The van der Waals surface area contributed by atoms with Crippen LogP contribution < -0.4 is 10.6 Å². The van der Waals surface area contributed by atoms with Crippen molar-refractivity contribution in [2.24, 2.45) is 5.92 Å². The van der Waals surface area contributed by atoms with Crippen LogP contribution in [0.2, 0.25) is 0 Å². The lowest BCUT2D eigenvalue weighted by Gasteiger charge is -2.26. The Hall–Kier alpha value is -1.73. The molecule has 23 heavy (non-hydrogen) atoms. The highest BCUT2D eigenvalue weighted by atomic mass is 16.5. The maximum Gasteiger partial charge on any atom is 0.270 e. The second kappa shape index (κ2) is 8.79. The number of carbonyl (C=O) groups is 1. The Bertz CT molecular complexity index is 515. The Labute approximate surface area is 137 Å². The first-order chi connectivity index (χ1) is 11.0. The van der Waals surface area contributed by atoms with Crippen LogP contribution in [0.5, 0.6) is 0 Å². The summed E-state index contributed by atoms with van der Waals surface area (Å²) in [6, 6.07) is 1.71. The van der Waals surface area contributed by atoms with Crippen molar-refractivity contribution >= 4 is 11.9 Å². The third-order valence-electron chi connectivity index (χ3n) is 3.57. The molecule has 2 rings (SSSR count). The van der Waals surface area contributed by atoms with Crippen molar-refractivity contribution in [3.8, 4) is 0 Å². The molecule has 1 fully saturated rings. The van der Waals surface area contributed by atoms with E-state index in [-0.39, 0.29) is 5.91 Å². The smallest absolute Gasteiger partial charge is 0.270 e. The summed E-state index contributed by atoms with van der Waals surface area (Å²) in [4.78, 5) is 23.1. The number of hydrogen-bond acceptors (Lipinski definition) is 6. The van der Waals surface area contributed by atoms with E-state index < -0.39 is 0 Å². The van der Waals surface area contributed by atoms with Gasteiger partial charge in [0.15, 0.2) is 0 Å². The number of nitrogens with zero attached hydrogens (tertiary/aromatic N) is 3. The average molecular weight is 321 g/mol. The van der Waals surface area contributed by atoms with Gasteiger partial charge in [-0.1, -0.05) is 13.8 Å². The van der Waals surface area contributed by atoms with Crippen molar-refractivity contribution in [3.63, 3.8) is 0 Å². The number of aromatic nitrogens is 2. The normalized spacial score (nSPS) is 15.7. The highest BCUT2D eigenvalue weighted by molar-refractivity contribution is 5.92. The van der Waals surface area contributed by atoms with E-state index in [2.05, 4.69) is 39.3 Å². The molecule has 0 aromatic carbocycles. The van der Waals surface area contributed by atoms with Gasteiger partial charge in [-0.3, -0.25) is 9.69 Å². The van der Waals surface area contributed by atoms with Crippen LogP contribution in [0.25, 0.3) is 0 Å². The second-order valence-corrected chi connectivity index (χ2v) is 6.20. The van der Waals surface area contributed by atoms with Crippen molar-refractivity contribution in [2.75, 3.05) is 51.3 Å². The van der Waals surface area contributed by atoms with Crippen molar-refractivity contribution in [1.29, 1.82) is 0 Å². The number of aryl methyl sites for hydroxylation is 1. The monoisotopic (exact) mass is 321 g/mol. The van der Waals surface area contributed by atoms with Gasteiger partial charge in [0.25, 0.3) is 5.91 Å². The molecule has 1 aromatic rings. The summed E-state index contributed by atoms with van der Waals surface area (Å²) < 4.78 is 5.33. The van der Waals surface area contributed by atoms with E-state index in [0.717, 1.165) is 45.1 Å². The number of amides is 1. The lowest BCUT2D eigenvalue weighted by molar-refractivity contribution is 0.0398. The van der Waals surface area contributed by atoms with Gasteiger partial charge < -0.3 is 15.4 Å². The Morgan fingerprint density at radius 1 is 1.35 bits per heavy atom. The quantitative estimate of drug-likeness (QED) is 0.777. The lowest BCUT2D eigenvalue weighted by atomic mass is 10.2. The van der Waals surface area contributed by atoms with Gasteiger partial charge in [0.2, 0.25) is 5.95 Å². The minimum atomic E-state index is -0.152. The molecule has 0 aliphatic carbocycles. The number of ether oxygens (including phenoxy) is 1. The van der Waals surface area contributed by atoms with E-state index in [1.165, 1.54) is 0 Å². The molecule has 128 valence electrons. The zero-order valence-electron chi connectivity index (χ0n) is 14.3. The summed E-state index contributed by atoms with van der Waals surface area (Å²) in [5.74, 6) is 0.765. The molecule has 0 atom stereocenters. The first-order valence-electron chi connectivity index (χ1n) is 8.22. The number of nitrogens with one attached hydrogen (secondary N) is 2. The Balaban J connectivity index is 1.87. The molecule has 7 heteroatoms. The first kappa shape index (κ1) is 17.6. The number of carbonyl (C=O) groups excluding carboxylic acids is 1. The van der Waals surface area contributed by atoms with Crippen molar-refractivity contribution < 1.29 is 9.53 Å². The average Bonchev–Trinajstić information content (AvgIpc) is 2.53. The van der Waals surface area contributed by atoms with E-state index in [9.17, 15) is 4.79 Å². The van der Waals surface area contributed by atoms with Gasteiger partial charge in [-0.25, -0.2) is 9.97 Å². The van der Waals surface area contributed by atoms with Crippen molar-refractivity contribution in [3.05, 3.63) is 17.5 Å². The molecule has 1 saturated heterocycles. The molecule has 1 aromatic heterocycles. The Morgan fingerprint density at radius 3 is 2.78 bits per heavy atom. The summed E-state index contributed by atoms with van der Waals surface area (Å²) in [7, 11) is 0. The first-order valence-corrected chi connectivity index (χ1v) is 8.22. The Morgan fingerprint density at radius 2 is 2.09 bits per heavy atom. The van der Waals surface area contributed by atoms with Crippen LogP contribution in [0.1, 0.15) is 30.0 Å². The molecule has 1 amide bonds. The molecular formula is C16H27N5O2. The number of anilines is 1. The predicted octanol–water partition coefficient (Wildman–Crippen LogP) is 0.915. The van der Waals surface area contributed by atoms with Gasteiger partial charge in [-0.2, -0.15) is 0 Å². The standard InChI is InChI=1S/C16H27N5O2/c1-12(2)11-18-15(22)14-10-13(3)19-16(20-14)17-4-5-21-6-8-23-9-7-21/h10,12H,4-9,11H2,1-3H3,(H,18,22)(H,17,19,20). The molecule has 0 radical (unpaired) electrons. The zero-order valence-corrected chi connectivity index (χ0v) is 14.3. The number of hydrogen-bond donors (Lipinski definition) is 2. The van der Waals surface area contributed by atoms with Crippen LogP contribution in [-0.2, 0) is 4.74 Å². The van der Waals surface area contributed by atoms with Gasteiger partial charge in [-0.05, 0) is 18.9 Å². The molecule has 2 heterocycles. The third-order valence-corrected chi connectivity index (χ3v) is 3.57. The lowest BCUT2D eigenvalue weighted by Crippen LogP contribution is -2.39. The van der Waals surface area contributed by atoms with E-state index >= 15 is 0 Å². The highest BCUT2D eigenvalue weighted by Gasteiger charge is 2.12. The van der Waals surface area contributed by atoms with Crippen molar-refractivity contribution in [2.45, 2.75) is 20.8 Å². The highest BCUT2D eigenvalue weighted by Crippen LogP contribution is 2.05. The summed E-state index contributed by atoms with van der Waals surface area (Å²) in [6.45, 7) is 11.8. The molecular weight excluding hydrogens is 294 g/mol. The van der Waals surface area contributed by atoms with Gasteiger partial charge in [0.05, 0.1) is 13.2 Å². The molecule has 1 aliphatic heterocycles. The van der Waals surface area contributed by atoms with Crippen LogP contribution >= 0.6 is 0 Å². The zero-order chi connectivity index (χ0) is 16.7. The largest absolute Gasteiger partial charge is 0.379 e. The molecule has 0 spiro atoms. The predicted molar refractivity (Wildman–Crippen MR) is 89.7 cm³/mol. The van der Waals surface area contributed by atoms with Crippen molar-refractivity contribution in [1.82, 2.24) is 20.2 Å². The third kappa shape index (κ3) is 6.11. The molecule has 1 aliphatic rings. The molecule has 2 N–H and O–H groups in total. The maximum absolute atomic E-state index is 12.1. The number of rotatable bonds is 7. The van der Waals surface area contributed by atoms with E-state index in [1.807, 2.05) is 6.92 Å². The van der Waals surface area contributed by atoms with Crippen LogP contribution in [0.15, 0.2) is 6.07 Å². The van der Waals surface area contributed by atoms with Gasteiger partial charge in [0.1, 0.15) is 5.69 Å². The summed E-state index contributed by atoms with van der Waals surface area (Å²) in [6.07, 6.45) is 0. The summed E-state index contributed by atoms with van der Waals surface area (Å²) in [5.41, 5.74) is 1.19. The van der Waals surface area contributed by atoms with Crippen LogP contribution in [-0.4, -0.2) is 66.7 Å². The second-order valence-electron chi connectivity index (χ2n) is 6.20. The fourth-order valence-electron chi connectivity index (χ4n) is 2.30. The minimum Gasteiger partial charge on any atom is -0.379 e. The van der Waals surface area contributed by atoms with E-state index in [1.54, 1.807) is 6.07 Å². The SMILES string of the molecule is Cc1cc(C(=O)NCC(C)C)nc(NCCN2CCOCC2)n1. The summed E-state index contributed by atoms with van der Waals surface area (Å²) >= 11 is 0. The maximum atomic E-state index is 12.1. The fraction of sp³-hybridized carbons (Fsp3) is 0.688. The molecule has 0 bridgehead atoms. The Kier molecular flexibility index (Phi) is 6.73. The van der Waals surface area contributed by atoms with Crippen LogP contribution in [0, 0.1) is 12.8 Å². The van der Waals surface area contributed by atoms with E-state index in [4.69, 9.17) is 4.74 Å².